The van der Waals surface area contributed by atoms with Crippen LogP contribution >= 0.6 is 0 Å². The zero-order valence-electron chi connectivity index (χ0n) is 11.6. The molecule has 4 N–H and O–H groups in total. The van der Waals surface area contributed by atoms with Crippen LogP contribution in [0.3, 0.4) is 0 Å². The lowest BCUT2D eigenvalue weighted by Crippen LogP contribution is -2.29. The summed E-state index contributed by atoms with van der Waals surface area (Å²) in [6.45, 7) is 2.83. The lowest BCUT2D eigenvalue weighted by Gasteiger charge is -2.19. The number of nitrogens with zero attached hydrogens (tertiary/aromatic N) is 1. The Morgan fingerprint density at radius 2 is 2.11 bits per heavy atom. The van der Waals surface area contributed by atoms with Gasteiger partial charge in [0.15, 0.2) is 0 Å². The van der Waals surface area contributed by atoms with Crippen molar-refractivity contribution in [3.05, 3.63) is 29.3 Å². The van der Waals surface area contributed by atoms with Crippen molar-refractivity contribution in [2.75, 3.05) is 25.6 Å². The molecule has 19 heavy (non-hydrogen) atoms. The van der Waals surface area contributed by atoms with Gasteiger partial charge in [0, 0.05) is 20.2 Å². The van der Waals surface area contributed by atoms with E-state index in [2.05, 4.69) is 5.43 Å². The van der Waals surface area contributed by atoms with Crippen LogP contribution in [-0.2, 0) is 0 Å². The van der Waals surface area contributed by atoms with Crippen molar-refractivity contribution in [2.45, 2.75) is 26.2 Å². The third-order valence-corrected chi connectivity index (χ3v) is 3.06. The van der Waals surface area contributed by atoms with Gasteiger partial charge in [0.2, 0.25) is 0 Å². The number of aryl methyl sites for hydroxylation is 1. The summed E-state index contributed by atoms with van der Waals surface area (Å²) in [5, 5.41) is 8.71. The number of hydrogen-bond acceptors (Lipinski definition) is 4. The molecule has 0 saturated heterocycles. The van der Waals surface area contributed by atoms with E-state index in [-0.39, 0.29) is 12.5 Å². The average Bonchev–Trinajstić information content (AvgIpc) is 2.42. The minimum Gasteiger partial charge on any atom is -0.396 e. The van der Waals surface area contributed by atoms with E-state index in [0.29, 0.717) is 17.8 Å². The molecule has 0 radical (unpaired) electrons. The number of hydrogen-bond donors (Lipinski definition) is 3. The molecule has 0 bridgehead atoms. The molecule has 1 aromatic carbocycles. The number of carbonyl (C=O) groups excluding carboxylic acids is 1. The molecule has 0 unspecified atom stereocenters. The fourth-order valence-corrected chi connectivity index (χ4v) is 1.91. The summed E-state index contributed by atoms with van der Waals surface area (Å²) < 4.78 is 0. The number of benzene rings is 1. The van der Waals surface area contributed by atoms with E-state index in [1.807, 2.05) is 19.1 Å². The van der Waals surface area contributed by atoms with Crippen LogP contribution in [0.2, 0.25) is 0 Å². The number of nitrogens with two attached hydrogens (primary N) is 1. The number of carbonyl (C=O) groups is 1. The van der Waals surface area contributed by atoms with Crippen LogP contribution in [0.5, 0.6) is 0 Å². The summed E-state index contributed by atoms with van der Waals surface area (Å²) in [5.74, 6) is 5.40. The van der Waals surface area contributed by atoms with E-state index < -0.39 is 0 Å². The third-order valence-electron chi connectivity index (χ3n) is 3.06. The first-order valence-corrected chi connectivity index (χ1v) is 6.53. The van der Waals surface area contributed by atoms with Gasteiger partial charge in [-0.2, -0.15) is 0 Å². The van der Waals surface area contributed by atoms with Crippen molar-refractivity contribution in [1.82, 2.24) is 4.90 Å². The molecule has 5 nitrogen and oxygen atoms in total. The van der Waals surface area contributed by atoms with Crippen LogP contribution in [-0.4, -0.2) is 36.1 Å². The minimum absolute atomic E-state index is 0.0445. The lowest BCUT2D eigenvalue weighted by molar-refractivity contribution is 0.0793. The van der Waals surface area contributed by atoms with E-state index in [9.17, 15) is 4.79 Å². The maximum absolute atomic E-state index is 12.3. The SMILES string of the molecule is Cc1ccc(C(=O)N(C)CCCCCO)c(NN)c1. The monoisotopic (exact) mass is 265 g/mol. The van der Waals surface area contributed by atoms with Crippen molar-refractivity contribution < 1.29 is 9.90 Å². The lowest BCUT2D eigenvalue weighted by atomic mass is 10.1. The third kappa shape index (κ3) is 4.54. The molecule has 5 heteroatoms. The minimum atomic E-state index is -0.0445. The highest BCUT2D eigenvalue weighted by Gasteiger charge is 2.15. The summed E-state index contributed by atoms with van der Waals surface area (Å²) in [6, 6.07) is 5.54. The molecule has 0 aliphatic carbocycles. The maximum Gasteiger partial charge on any atom is 0.255 e. The van der Waals surface area contributed by atoms with Gasteiger partial charge in [0.05, 0.1) is 11.3 Å². The topological polar surface area (TPSA) is 78.6 Å². The van der Waals surface area contributed by atoms with Crippen molar-refractivity contribution >= 4 is 11.6 Å². The van der Waals surface area contributed by atoms with Gasteiger partial charge in [-0.05, 0) is 43.9 Å². The Kier molecular flexibility index (Phi) is 6.32. The van der Waals surface area contributed by atoms with Crippen LogP contribution in [0.4, 0.5) is 5.69 Å². The molecular weight excluding hydrogens is 242 g/mol. The second kappa shape index (κ2) is 7.76. The Bertz CT molecular complexity index is 421. The van der Waals surface area contributed by atoms with Gasteiger partial charge < -0.3 is 15.4 Å². The highest BCUT2D eigenvalue weighted by atomic mass is 16.2. The van der Waals surface area contributed by atoms with Gasteiger partial charge in [-0.3, -0.25) is 10.6 Å². The first-order chi connectivity index (χ1) is 9.10. The van der Waals surface area contributed by atoms with E-state index in [1.54, 1.807) is 18.0 Å². The van der Waals surface area contributed by atoms with E-state index in [0.717, 1.165) is 24.8 Å². The van der Waals surface area contributed by atoms with Gasteiger partial charge >= 0.3 is 0 Å². The predicted molar refractivity (Wildman–Crippen MR) is 76.9 cm³/mol. The molecule has 0 saturated carbocycles. The summed E-state index contributed by atoms with van der Waals surface area (Å²) in [7, 11) is 1.78. The largest absolute Gasteiger partial charge is 0.396 e. The molecule has 1 aromatic rings. The second-order valence-electron chi connectivity index (χ2n) is 4.70. The van der Waals surface area contributed by atoms with Crippen LogP contribution < -0.4 is 11.3 Å². The van der Waals surface area contributed by atoms with Gasteiger partial charge in [-0.1, -0.05) is 6.07 Å². The molecule has 0 aromatic heterocycles. The summed E-state index contributed by atoms with van der Waals surface area (Å²) in [6.07, 6.45) is 2.59. The molecule has 0 fully saturated rings. The number of nitrogens with one attached hydrogen (secondary N) is 1. The fourth-order valence-electron chi connectivity index (χ4n) is 1.91. The molecule has 0 atom stereocenters. The highest BCUT2D eigenvalue weighted by molar-refractivity contribution is 5.99. The van der Waals surface area contributed by atoms with E-state index in [4.69, 9.17) is 10.9 Å². The molecule has 0 heterocycles. The quantitative estimate of drug-likeness (QED) is 0.397. The zero-order chi connectivity index (χ0) is 14.3. The Labute approximate surface area is 114 Å². The predicted octanol–water partition coefficient (Wildman–Crippen LogP) is 1.52. The number of unbranched alkanes of at least 4 members (excludes halogenated alkanes) is 2. The van der Waals surface area contributed by atoms with Crippen molar-refractivity contribution in [1.29, 1.82) is 0 Å². The molecule has 106 valence electrons. The van der Waals surface area contributed by atoms with Crippen LogP contribution in [0.25, 0.3) is 0 Å². The number of rotatable bonds is 7. The molecule has 1 amide bonds. The Balaban J connectivity index is 2.66. The van der Waals surface area contributed by atoms with Crippen molar-refractivity contribution in [2.24, 2.45) is 5.84 Å². The van der Waals surface area contributed by atoms with E-state index in [1.165, 1.54) is 0 Å². The van der Waals surface area contributed by atoms with Crippen LogP contribution in [0, 0.1) is 6.92 Å². The number of aliphatic hydroxyl groups excluding tert-OH is 1. The standard InChI is InChI=1S/C14H23N3O2/c1-11-6-7-12(13(10-11)16-15)14(19)17(2)8-4-3-5-9-18/h6-7,10,16,18H,3-5,8-9,15H2,1-2H3. The summed E-state index contributed by atoms with van der Waals surface area (Å²) in [4.78, 5) is 14.0. The highest BCUT2D eigenvalue weighted by Crippen LogP contribution is 2.18. The smallest absolute Gasteiger partial charge is 0.255 e. The van der Waals surface area contributed by atoms with Gasteiger partial charge in [0.1, 0.15) is 0 Å². The van der Waals surface area contributed by atoms with Gasteiger partial charge in [-0.25, -0.2) is 0 Å². The molecule has 0 aliphatic rings. The number of anilines is 1. The zero-order valence-corrected chi connectivity index (χ0v) is 11.6. The summed E-state index contributed by atoms with van der Waals surface area (Å²) in [5.41, 5.74) is 4.85. The van der Waals surface area contributed by atoms with Crippen molar-refractivity contribution in [3.8, 4) is 0 Å². The average molecular weight is 265 g/mol. The number of aliphatic hydroxyl groups is 1. The number of hydrazine groups is 1. The molecule has 0 spiro atoms. The first kappa shape index (κ1) is 15.5. The van der Waals surface area contributed by atoms with Gasteiger partial charge in [-0.15, -0.1) is 0 Å². The summed E-state index contributed by atoms with van der Waals surface area (Å²) >= 11 is 0. The normalized spacial score (nSPS) is 10.3. The number of amides is 1. The van der Waals surface area contributed by atoms with Gasteiger partial charge in [0.25, 0.3) is 5.91 Å². The number of nitrogen functional groups attached to an aromatic ring is 1. The van der Waals surface area contributed by atoms with E-state index >= 15 is 0 Å². The molecule has 1 rings (SSSR count). The Morgan fingerprint density at radius 3 is 2.74 bits per heavy atom. The Morgan fingerprint density at radius 1 is 1.37 bits per heavy atom. The van der Waals surface area contributed by atoms with Crippen LogP contribution in [0.15, 0.2) is 18.2 Å². The Hall–Kier alpha value is -1.59. The first-order valence-electron chi connectivity index (χ1n) is 6.53. The van der Waals surface area contributed by atoms with Crippen molar-refractivity contribution in [3.63, 3.8) is 0 Å². The maximum atomic E-state index is 12.3. The molecule has 0 aliphatic heterocycles. The fraction of sp³-hybridized carbons (Fsp3) is 0.500. The second-order valence-corrected chi connectivity index (χ2v) is 4.70. The van der Waals surface area contributed by atoms with Crippen LogP contribution in [0.1, 0.15) is 35.2 Å². The molecular formula is C14H23N3O2.